The Bertz CT molecular complexity index is 438. The summed E-state index contributed by atoms with van der Waals surface area (Å²) in [4.78, 5) is 23.6. The summed E-state index contributed by atoms with van der Waals surface area (Å²) < 4.78 is 10.3. The van der Waals surface area contributed by atoms with Crippen molar-refractivity contribution in [2.45, 2.75) is 60.5 Å². The molecule has 0 N–H and O–H groups in total. The number of carbonyl (C=O) groups excluding carboxylic acids is 2. The molecule has 1 rings (SSSR count). The minimum absolute atomic E-state index is 0.0674. The van der Waals surface area contributed by atoms with Gasteiger partial charge in [-0.25, -0.2) is 9.59 Å². The molecule has 0 heterocycles. The van der Waals surface area contributed by atoms with Crippen LogP contribution in [0.3, 0.4) is 0 Å². The van der Waals surface area contributed by atoms with Crippen LogP contribution in [0.4, 0.5) is 0 Å². The van der Waals surface area contributed by atoms with Crippen molar-refractivity contribution in [1.29, 1.82) is 0 Å². The van der Waals surface area contributed by atoms with Crippen LogP contribution < -0.4 is 0 Å². The summed E-state index contributed by atoms with van der Waals surface area (Å²) in [7, 11) is 0. The third-order valence-electron chi connectivity index (χ3n) is 5.75. The second-order valence-electron chi connectivity index (χ2n) is 6.83. The summed E-state index contributed by atoms with van der Waals surface area (Å²) >= 11 is 0. The maximum atomic E-state index is 12.0. The Labute approximate surface area is 127 Å². The average Bonchev–Trinajstić information content (AvgIpc) is 2.62. The van der Waals surface area contributed by atoms with Crippen LogP contribution in [0.1, 0.15) is 54.4 Å². The highest BCUT2D eigenvalue weighted by Crippen LogP contribution is 2.58. The molecule has 0 radical (unpaired) electrons. The topological polar surface area (TPSA) is 52.6 Å². The van der Waals surface area contributed by atoms with Crippen LogP contribution in [-0.2, 0) is 19.1 Å². The van der Waals surface area contributed by atoms with Crippen molar-refractivity contribution in [3.8, 4) is 0 Å². The zero-order chi connectivity index (χ0) is 16.4. The average molecular weight is 296 g/mol. The van der Waals surface area contributed by atoms with E-state index < -0.39 is 11.9 Å². The first-order chi connectivity index (χ1) is 9.57. The highest BCUT2D eigenvalue weighted by atomic mass is 16.6. The van der Waals surface area contributed by atoms with Crippen LogP contribution in [0.5, 0.6) is 0 Å². The fourth-order valence-electron chi connectivity index (χ4n) is 3.15. The van der Waals surface area contributed by atoms with E-state index in [1.165, 1.54) is 0 Å². The normalized spacial score (nSPS) is 28.8. The van der Waals surface area contributed by atoms with Crippen molar-refractivity contribution in [1.82, 2.24) is 0 Å². The van der Waals surface area contributed by atoms with Crippen LogP contribution in [0.15, 0.2) is 12.2 Å². The van der Waals surface area contributed by atoms with Gasteiger partial charge in [-0.3, -0.25) is 0 Å². The van der Waals surface area contributed by atoms with E-state index in [4.69, 9.17) is 9.47 Å². The molecule has 3 atom stereocenters. The summed E-state index contributed by atoms with van der Waals surface area (Å²) in [6, 6.07) is 0. The van der Waals surface area contributed by atoms with Gasteiger partial charge in [0.1, 0.15) is 11.7 Å². The number of rotatable bonds is 5. The Kier molecular flexibility index (Phi) is 5.24. The molecule has 21 heavy (non-hydrogen) atoms. The van der Waals surface area contributed by atoms with E-state index in [1.807, 2.05) is 6.92 Å². The Morgan fingerprint density at radius 3 is 2.29 bits per heavy atom. The van der Waals surface area contributed by atoms with Crippen LogP contribution in [0.25, 0.3) is 0 Å². The molecule has 0 amide bonds. The summed E-state index contributed by atoms with van der Waals surface area (Å²) in [6.07, 6.45) is 1.84. The Balaban J connectivity index is 2.77. The maximum absolute atomic E-state index is 12.0. The number of hydrogen-bond acceptors (Lipinski definition) is 4. The first-order valence-corrected chi connectivity index (χ1v) is 7.65. The van der Waals surface area contributed by atoms with Crippen LogP contribution in [0.2, 0.25) is 0 Å². The molecule has 1 saturated carbocycles. The summed E-state index contributed by atoms with van der Waals surface area (Å²) in [5, 5.41) is 0. The number of ether oxygens (including phenoxy) is 2. The molecule has 0 spiro atoms. The van der Waals surface area contributed by atoms with E-state index >= 15 is 0 Å². The van der Waals surface area contributed by atoms with Crippen LogP contribution in [0, 0.1) is 16.7 Å². The van der Waals surface area contributed by atoms with Crippen LogP contribution >= 0.6 is 0 Å². The summed E-state index contributed by atoms with van der Waals surface area (Å²) in [5.74, 6) is -0.826. The maximum Gasteiger partial charge on any atom is 0.345 e. The standard InChI is InChI=1S/C17H28O4/c1-8-20-14(18)12(3)15(19)21-13(4)17(7)10-9-11(2)16(17,5)6/h11,13H,3,8-10H2,1-2,4-7H3. The van der Waals surface area contributed by atoms with Gasteiger partial charge in [0, 0.05) is 5.41 Å². The number of hydrogen-bond donors (Lipinski definition) is 0. The van der Waals surface area contributed by atoms with E-state index in [1.54, 1.807) is 6.92 Å². The number of esters is 2. The molecule has 0 bridgehead atoms. The molecule has 1 fully saturated rings. The zero-order valence-electron chi connectivity index (χ0n) is 14.1. The lowest BCUT2D eigenvalue weighted by atomic mass is 9.63. The largest absolute Gasteiger partial charge is 0.462 e. The van der Waals surface area contributed by atoms with Crippen molar-refractivity contribution in [3.63, 3.8) is 0 Å². The van der Waals surface area contributed by atoms with Crippen molar-refractivity contribution in [3.05, 3.63) is 12.2 Å². The van der Waals surface area contributed by atoms with Gasteiger partial charge in [0.15, 0.2) is 0 Å². The molecule has 1 aliphatic carbocycles. The van der Waals surface area contributed by atoms with Gasteiger partial charge in [-0.2, -0.15) is 0 Å². The lowest BCUT2D eigenvalue weighted by molar-refractivity contribution is -0.158. The lowest BCUT2D eigenvalue weighted by Gasteiger charge is -2.44. The van der Waals surface area contributed by atoms with Gasteiger partial charge in [0.2, 0.25) is 0 Å². The lowest BCUT2D eigenvalue weighted by Crippen LogP contribution is -2.44. The van der Waals surface area contributed by atoms with E-state index in [9.17, 15) is 9.59 Å². The van der Waals surface area contributed by atoms with Crippen molar-refractivity contribution >= 4 is 11.9 Å². The molecule has 4 nitrogen and oxygen atoms in total. The zero-order valence-corrected chi connectivity index (χ0v) is 14.1. The second-order valence-corrected chi connectivity index (χ2v) is 6.83. The van der Waals surface area contributed by atoms with E-state index in [-0.39, 0.29) is 29.1 Å². The fourth-order valence-corrected chi connectivity index (χ4v) is 3.15. The fraction of sp³-hybridized carbons (Fsp3) is 0.765. The van der Waals surface area contributed by atoms with E-state index in [2.05, 4.69) is 34.3 Å². The molecule has 0 aromatic heterocycles. The molecule has 3 unspecified atom stereocenters. The van der Waals surface area contributed by atoms with Gasteiger partial charge < -0.3 is 9.47 Å². The van der Waals surface area contributed by atoms with Crippen molar-refractivity contribution in [2.75, 3.05) is 6.61 Å². The van der Waals surface area contributed by atoms with Crippen LogP contribution in [-0.4, -0.2) is 24.6 Å². The molecule has 120 valence electrons. The molecule has 4 heteroatoms. The molecule has 0 aromatic carbocycles. The smallest absolute Gasteiger partial charge is 0.345 e. The van der Waals surface area contributed by atoms with E-state index in [0.29, 0.717) is 5.92 Å². The highest BCUT2D eigenvalue weighted by Gasteiger charge is 2.53. The van der Waals surface area contributed by atoms with Crippen molar-refractivity contribution < 1.29 is 19.1 Å². The van der Waals surface area contributed by atoms with Gasteiger partial charge in [0.05, 0.1) is 6.61 Å². The van der Waals surface area contributed by atoms with Gasteiger partial charge >= 0.3 is 11.9 Å². The SMILES string of the molecule is C=C(C(=O)OCC)C(=O)OC(C)C1(C)CCC(C)C1(C)C. The predicted molar refractivity (Wildman–Crippen MR) is 81.6 cm³/mol. The van der Waals surface area contributed by atoms with Gasteiger partial charge in [0.25, 0.3) is 0 Å². The molecular formula is C17H28O4. The molecular weight excluding hydrogens is 268 g/mol. The Morgan fingerprint density at radius 2 is 1.86 bits per heavy atom. The van der Waals surface area contributed by atoms with Gasteiger partial charge in [-0.1, -0.05) is 34.3 Å². The van der Waals surface area contributed by atoms with Gasteiger partial charge in [-0.15, -0.1) is 0 Å². The summed E-state index contributed by atoms with van der Waals surface area (Å²) in [6.45, 7) is 16.1. The minimum atomic E-state index is -0.709. The van der Waals surface area contributed by atoms with Crippen molar-refractivity contribution in [2.24, 2.45) is 16.7 Å². The molecule has 0 saturated heterocycles. The first-order valence-electron chi connectivity index (χ1n) is 7.65. The second kappa shape index (κ2) is 6.20. The summed E-state index contributed by atoms with van der Waals surface area (Å²) in [5.41, 5.74) is -0.286. The highest BCUT2D eigenvalue weighted by molar-refractivity contribution is 6.13. The molecule has 1 aliphatic rings. The molecule has 0 aliphatic heterocycles. The van der Waals surface area contributed by atoms with E-state index in [0.717, 1.165) is 12.8 Å². The monoisotopic (exact) mass is 296 g/mol. The third-order valence-corrected chi connectivity index (χ3v) is 5.75. The molecule has 0 aromatic rings. The van der Waals surface area contributed by atoms with Gasteiger partial charge in [-0.05, 0) is 38.0 Å². The predicted octanol–water partition coefficient (Wildman–Crippen LogP) is 3.50. The Morgan fingerprint density at radius 1 is 1.29 bits per heavy atom. The quantitative estimate of drug-likeness (QED) is 0.337. The third kappa shape index (κ3) is 3.14. The minimum Gasteiger partial charge on any atom is -0.462 e. The number of carbonyl (C=O) groups is 2. The first kappa shape index (κ1) is 17.7. The Hall–Kier alpha value is -1.32.